The van der Waals surface area contributed by atoms with Gasteiger partial charge in [0.15, 0.2) is 5.96 Å². The van der Waals surface area contributed by atoms with Crippen LogP contribution in [0.4, 0.5) is 5.69 Å². The second-order valence-electron chi connectivity index (χ2n) is 3.99. The average molecular weight is 251 g/mol. The number of ether oxygens (including phenoxy) is 2. The van der Waals surface area contributed by atoms with E-state index >= 15 is 0 Å². The van der Waals surface area contributed by atoms with E-state index in [1.54, 1.807) is 14.2 Å². The van der Waals surface area contributed by atoms with E-state index in [1.807, 2.05) is 31.2 Å². The zero-order valence-corrected chi connectivity index (χ0v) is 11.1. The first-order valence-electron chi connectivity index (χ1n) is 5.84. The van der Waals surface area contributed by atoms with E-state index in [0.29, 0.717) is 19.1 Å². The first-order valence-corrected chi connectivity index (χ1v) is 5.84. The third-order valence-electron chi connectivity index (χ3n) is 2.50. The van der Waals surface area contributed by atoms with Gasteiger partial charge in [0.1, 0.15) is 0 Å². The molecule has 0 aliphatic carbocycles. The summed E-state index contributed by atoms with van der Waals surface area (Å²) in [7, 11) is 3.31. The van der Waals surface area contributed by atoms with E-state index in [-0.39, 0.29) is 6.10 Å². The molecule has 1 aromatic rings. The molecule has 0 radical (unpaired) electrons. The summed E-state index contributed by atoms with van der Waals surface area (Å²) in [6.45, 7) is 3.00. The number of nitrogens with two attached hydrogens (primary N) is 1. The molecule has 0 saturated heterocycles. The van der Waals surface area contributed by atoms with Crippen LogP contribution in [0.15, 0.2) is 29.3 Å². The Morgan fingerprint density at radius 3 is 2.78 bits per heavy atom. The second kappa shape index (κ2) is 7.68. The van der Waals surface area contributed by atoms with Crippen molar-refractivity contribution < 1.29 is 9.47 Å². The first kappa shape index (κ1) is 14.5. The van der Waals surface area contributed by atoms with Crippen molar-refractivity contribution in [2.45, 2.75) is 19.6 Å². The van der Waals surface area contributed by atoms with Crippen LogP contribution in [0, 0.1) is 0 Å². The zero-order chi connectivity index (χ0) is 13.4. The van der Waals surface area contributed by atoms with Crippen molar-refractivity contribution >= 4 is 11.6 Å². The van der Waals surface area contributed by atoms with Crippen LogP contribution in [0.1, 0.15) is 12.5 Å². The number of anilines is 1. The monoisotopic (exact) mass is 251 g/mol. The molecule has 0 spiro atoms. The van der Waals surface area contributed by atoms with Gasteiger partial charge in [0, 0.05) is 25.5 Å². The molecule has 18 heavy (non-hydrogen) atoms. The van der Waals surface area contributed by atoms with E-state index in [9.17, 15) is 0 Å². The average Bonchev–Trinajstić information content (AvgIpc) is 2.38. The summed E-state index contributed by atoms with van der Waals surface area (Å²) in [6, 6.07) is 7.82. The SMILES string of the molecule is COCc1ccccc1NC(N)=NCC(C)OC. The maximum absolute atomic E-state index is 5.82. The minimum Gasteiger partial charge on any atom is -0.380 e. The van der Waals surface area contributed by atoms with Crippen LogP contribution in [0.25, 0.3) is 0 Å². The Kier molecular flexibility index (Phi) is 6.18. The number of para-hydroxylation sites is 1. The Balaban J connectivity index is 2.66. The standard InChI is InChI=1S/C13H21N3O2/c1-10(18-3)8-15-13(14)16-12-7-5-4-6-11(12)9-17-2/h4-7,10H,8-9H2,1-3H3,(H3,14,15,16). The number of hydrogen-bond donors (Lipinski definition) is 2. The van der Waals surface area contributed by atoms with Crippen LogP contribution in [0.5, 0.6) is 0 Å². The highest BCUT2D eigenvalue weighted by atomic mass is 16.5. The number of guanidine groups is 1. The second-order valence-corrected chi connectivity index (χ2v) is 3.99. The Labute approximate surface area is 108 Å². The van der Waals surface area contributed by atoms with E-state index in [0.717, 1.165) is 11.3 Å². The van der Waals surface area contributed by atoms with Crippen LogP contribution in [-0.4, -0.2) is 32.8 Å². The summed E-state index contributed by atoms with van der Waals surface area (Å²) in [5.41, 5.74) is 7.76. The van der Waals surface area contributed by atoms with Crippen molar-refractivity contribution in [3.8, 4) is 0 Å². The molecule has 1 atom stereocenters. The minimum absolute atomic E-state index is 0.0552. The number of nitrogens with zero attached hydrogens (tertiary/aromatic N) is 1. The van der Waals surface area contributed by atoms with Gasteiger partial charge in [-0.25, -0.2) is 0 Å². The van der Waals surface area contributed by atoms with Crippen LogP contribution in [0.2, 0.25) is 0 Å². The molecule has 1 aromatic carbocycles. The molecule has 0 heterocycles. The third kappa shape index (κ3) is 4.73. The van der Waals surface area contributed by atoms with Crippen LogP contribution in [0.3, 0.4) is 0 Å². The maximum atomic E-state index is 5.82. The number of rotatable bonds is 6. The summed E-state index contributed by atoms with van der Waals surface area (Å²) in [5, 5.41) is 3.07. The molecule has 1 unspecified atom stereocenters. The van der Waals surface area contributed by atoms with Crippen molar-refractivity contribution in [1.82, 2.24) is 0 Å². The Bertz CT molecular complexity index is 394. The molecule has 5 heteroatoms. The fourth-order valence-electron chi connectivity index (χ4n) is 1.40. The van der Waals surface area contributed by atoms with Crippen molar-refractivity contribution in [2.24, 2.45) is 10.7 Å². The molecular formula is C13H21N3O2. The van der Waals surface area contributed by atoms with Crippen molar-refractivity contribution in [2.75, 3.05) is 26.1 Å². The van der Waals surface area contributed by atoms with Crippen molar-refractivity contribution in [3.05, 3.63) is 29.8 Å². The molecule has 0 aliphatic heterocycles. The molecule has 100 valence electrons. The lowest BCUT2D eigenvalue weighted by atomic mass is 10.2. The van der Waals surface area contributed by atoms with Gasteiger partial charge in [-0.3, -0.25) is 4.99 Å². The van der Waals surface area contributed by atoms with Gasteiger partial charge in [0.2, 0.25) is 0 Å². The van der Waals surface area contributed by atoms with Crippen LogP contribution < -0.4 is 11.1 Å². The molecule has 0 fully saturated rings. The molecule has 1 rings (SSSR count). The van der Waals surface area contributed by atoms with E-state index < -0.39 is 0 Å². The molecule has 0 amide bonds. The lowest BCUT2D eigenvalue weighted by Crippen LogP contribution is -2.25. The zero-order valence-electron chi connectivity index (χ0n) is 11.1. The molecule has 0 aromatic heterocycles. The lowest BCUT2D eigenvalue weighted by Gasteiger charge is -2.11. The number of nitrogens with one attached hydrogen (secondary N) is 1. The van der Waals surface area contributed by atoms with Gasteiger partial charge < -0.3 is 20.5 Å². The molecule has 5 nitrogen and oxygen atoms in total. The highest BCUT2D eigenvalue weighted by molar-refractivity contribution is 5.92. The fourth-order valence-corrected chi connectivity index (χ4v) is 1.40. The molecular weight excluding hydrogens is 230 g/mol. The van der Waals surface area contributed by atoms with Gasteiger partial charge in [-0.2, -0.15) is 0 Å². The third-order valence-corrected chi connectivity index (χ3v) is 2.50. The maximum Gasteiger partial charge on any atom is 0.193 e. The van der Waals surface area contributed by atoms with E-state index in [1.165, 1.54) is 0 Å². The Hall–Kier alpha value is -1.59. The highest BCUT2D eigenvalue weighted by Crippen LogP contribution is 2.15. The number of hydrogen-bond acceptors (Lipinski definition) is 3. The topological polar surface area (TPSA) is 68.9 Å². The Morgan fingerprint density at radius 1 is 1.39 bits per heavy atom. The van der Waals surface area contributed by atoms with Gasteiger partial charge in [-0.05, 0) is 13.0 Å². The summed E-state index contributed by atoms with van der Waals surface area (Å²) >= 11 is 0. The predicted molar refractivity (Wildman–Crippen MR) is 73.7 cm³/mol. The van der Waals surface area contributed by atoms with Crippen LogP contribution >= 0.6 is 0 Å². The smallest absolute Gasteiger partial charge is 0.193 e. The van der Waals surface area contributed by atoms with E-state index in [4.69, 9.17) is 15.2 Å². The summed E-state index contributed by atoms with van der Waals surface area (Å²) in [4.78, 5) is 4.21. The molecule has 3 N–H and O–H groups in total. The summed E-state index contributed by atoms with van der Waals surface area (Å²) < 4.78 is 10.2. The Morgan fingerprint density at radius 2 is 2.11 bits per heavy atom. The highest BCUT2D eigenvalue weighted by Gasteiger charge is 2.03. The number of benzene rings is 1. The largest absolute Gasteiger partial charge is 0.380 e. The first-order chi connectivity index (χ1) is 8.67. The summed E-state index contributed by atoms with van der Waals surface area (Å²) in [6.07, 6.45) is 0.0552. The van der Waals surface area contributed by atoms with Crippen molar-refractivity contribution in [3.63, 3.8) is 0 Å². The quantitative estimate of drug-likeness (QED) is 0.595. The fraction of sp³-hybridized carbons (Fsp3) is 0.462. The van der Waals surface area contributed by atoms with Gasteiger partial charge in [-0.1, -0.05) is 18.2 Å². The van der Waals surface area contributed by atoms with E-state index in [2.05, 4.69) is 10.3 Å². The van der Waals surface area contributed by atoms with Gasteiger partial charge in [-0.15, -0.1) is 0 Å². The van der Waals surface area contributed by atoms with Gasteiger partial charge >= 0.3 is 0 Å². The number of methoxy groups -OCH3 is 2. The van der Waals surface area contributed by atoms with Gasteiger partial charge in [0.25, 0.3) is 0 Å². The number of aliphatic imine (C=N–C) groups is 1. The van der Waals surface area contributed by atoms with Gasteiger partial charge in [0.05, 0.1) is 19.3 Å². The molecule has 0 bridgehead atoms. The van der Waals surface area contributed by atoms with Crippen LogP contribution in [-0.2, 0) is 16.1 Å². The molecule has 0 saturated carbocycles. The lowest BCUT2D eigenvalue weighted by molar-refractivity contribution is 0.125. The summed E-state index contributed by atoms with van der Waals surface area (Å²) in [5.74, 6) is 0.377. The normalized spacial score (nSPS) is 13.4. The predicted octanol–water partition coefficient (Wildman–Crippen LogP) is 1.59. The van der Waals surface area contributed by atoms with Crippen molar-refractivity contribution in [1.29, 1.82) is 0 Å². The molecule has 0 aliphatic rings. The minimum atomic E-state index is 0.0552.